The van der Waals surface area contributed by atoms with E-state index in [0.717, 1.165) is 38.0 Å². The van der Waals surface area contributed by atoms with Crippen LogP contribution in [-0.4, -0.2) is 41.1 Å². The monoisotopic (exact) mass is 299 g/mol. The molecule has 1 aromatic heterocycles. The number of hydrogen-bond donors (Lipinski definition) is 1. The van der Waals surface area contributed by atoms with Gasteiger partial charge in [0, 0.05) is 43.3 Å². The highest BCUT2D eigenvalue weighted by molar-refractivity contribution is 5.89. The van der Waals surface area contributed by atoms with Gasteiger partial charge in [-0.05, 0) is 31.0 Å². The quantitative estimate of drug-likeness (QED) is 0.941. The molecule has 1 fully saturated rings. The maximum atomic E-state index is 12.4. The fourth-order valence-corrected chi connectivity index (χ4v) is 3.41. The molecule has 1 amide bonds. The maximum absolute atomic E-state index is 12.4. The van der Waals surface area contributed by atoms with Gasteiger partial charge >= 0.3 is 0 Å². The van der Waals surface area contributed by atoms with Crippen LogP contribution in [0.2, 0.25) is 0 Å². The molecule has 0 radical (unpaired) electrons. The van der Waals surface area contributed by atoms with Crippen LogP contribution in [0.3, 0.4) is 0 Å². The highest BCUT2D eigenvalue weighted by Crippen LogP contribution is 2.21. The van der Waals surface area contributed by atoms with Crippen molar-refractivity contribution in [3.05, 3.63) is 36.0 Å². The molecule has 0 aliphatic carbocycles. The molecule has 1 N–H and O–H groups in total. The minimum absolute atomic E-state index is 0.145. The number of carbonyl (C=O) groups excluding carboxylic acids is 1. The zero-order valence-electron chi connectivity index (χ0n) is 13.5. The number of likely N-dealkylation sites (tertiary alicyclic amines) is 1. The van der Waals surface area contributed by atoms with E-state index in [1.807, 2.05) is 19.2 Å². The van der Waals surface area contributed by atoms with Crippen LogP contribution in [0.4, 0.5) is 0 Å². The first-order valence-corrected chi connectivity index (χ1v) is 8.22. The van der Waals surface area contributed by atoms with Crippen LogP contribution in [0.15, 0.2) is 30.5 Å². The van der Waals surface area contributed by atoms with E-state index in [1.54, 1.807) is 0 Å². The van der Waals surface area contributed by atoms with Gasteiger partial charge in [-0.15, -0.1) is 0 Å². The second-order valence-electron chi connectivity index (χ2n) is 6.24. The van der Waals surface area contributed by atoms with Crippen LogP contribution in [0.5, 0.6) is 0 Å². The summed E-state index contributed by atoms with van der Waals surface area (Å²) in [4.78, 5) is 14.8. The molecule has 0 unspecified atom stereocenters. The number of nitrogens with zero attached hydrogens (tertiary/aromatic N) is 2. The normalized spacial score (nSPS) is 17.0. The van der Waals surface area contributed by atoms with Crippen molar-refractivity contribution in [2.24, 2.45) is 7.05 Å². The van der Waals surface area contributed by atoms with E-state index in [4.69, 9.17) is 0 Å². The molecule has 118 valence electrons. The molecular weight excluding hydrogens is 274 g/mol. The molecule has 1 aliphatic rings. The molecule has 0 saturated carbocycles. The second kappa shape index (κ2) is 6.53. The van der Waals surface area contributed by atoms with Gasteiger partial charge in [-0.25, -0.2) is 0 Å². The molecule has 1 aromatic carbocycles. The van der Waals surface area contributed by atoms with Gasteiger partial charge in [0.05, 0.1) is 6.42 Å². The average molecular weight is 299 g/mol. The van der Waals surface area contributed by atoms with Crippen molar-refractivity contribution in [1.82, 2.24) is 14.8 Å². The number of amides is 1. The average Bonchev–Trinajstić information content (AvgIpc) is 2.85. The van der Waals surface area contributed by atoms with Crippen molar-refractivity contribution >= 4 is 16.8 Å². The SMILES string of the molecule is CCN1CCC(NC(=O)Cc2cn(C)c3ccccc23)CC1. The van der Waals surface area contributed by atoms with Crippen LogP contribution < -0.4 is 5.32 Å². The third-order valence-electron chi connectivity index (χ3n) is 4.73. The van der Waals surface area contributed by atoms with Crippen molar-refractivity contribution in [1.29, 1.82) is 0 Å². The van der Waals surface area contributed by atoms with Crippen molar-refractivity contribution < 1.29 is 4.79 Å². The Morgan fingerprint density at radius 1 is 1.27 bits per heavy atom. The number of fused-ring (bicyclic) bond motifs is 1. The first-order valence-electron chi connectivity index (χ1n) is 8.22. The van der Waals surface area contributed by atoms with Gasteiger partial charge in [0.25, 0.3) is 0 Å². The summed E-state index contributed by atoms with van der Waals surface area (Å²) in [5, 5.41) is 4.39. The van der Waals surface area contributed by atoms with Crippen LogP contribution in [0.25, 0.3) is 10.9 Å². The highest BCUT2D eigenvalue weighted by Gasteiger charge is 2.20. The third kappa shape index (κ3) is 3.17. The molecule has 0 spiro atoms. The maximum Gasteiger partial charge on any atom is 0.224 e. The number of piperidine rings is 1. The second-order valence-corrected chi connectivity index (χ2v) is 6.24. The predicted molar refractivity (Wildman–Crippen MR) is 89.9 cm³/mol. The first-order chi connectivity index (χ1) is 10.7. The van der Waals surface area contributed by atoms with Gasteiger partial charge in [0.1, 0.15) is 0 Å². The van der Waals surface area contributed by atoms with Gasteiger partial charge in [-0.2, -0.15) is 0 Å². The summed E-state index contributed by atoms with van der Waals surface area (Å²) >= 11 is 0. The van der Waals surface area contributed by atoms with E-state index in [2.05, 4.69) is 40.0 Å². The fourth-order valence-electron chi connectivity index (χ4n) is 3.41. The smallest absolute Gasteiger partial charge is 0.224 e. The molecule has 1 saturated heterocycles. The molecule has 0 bridgehead atoms. The minimum atomic E-state index is 0.145. The molecular formula is C18H25N3O. The number of aryl methyl sites for hydroxylation is 1. The number of benzene rings is 1. The van der Waals surface area contributed by atoms with Crippen LogP contribution in [0, 0.1) is 0 Å². The lowest BCUT2D eigenvalue weighted by molar-refractivity contribution is -0.121. The highest BCUT2D eigenvalue weighted by atomic mass is 16.1. The number of carbonyl (C=O) groups is 1. The molecule has 2 heterocycles. The third-order valence-corrected chi connectivity index (χ3v) is 4.73. The summed E-state index contributed by atoms with van der Waals surface area (Å²) in [5.41, 5.74) is 2.29. The van der Waals surface area contributed by atoms with Crippen LogP contribution >= 0.6 is 0 Å². The van der Waals surface area contributed by atoms with E-state index in [-0.39, 0.29) is 5.91 Å². The molecule has 22 heavy (non-hydrogen) atoms. The van der Waals surface area contributed by atoms with E-state index in [0.29, 0.717) is 12.5 Å². The molecule has 0 atom stereocenters. The predicted octanol–water partition coefficient (Wildman–Crippen LogP) is 2.32. The number of para-hydroxylation sites is 1. The fraction of sp³-hybridized carbons (Fsp3) is 0.500. The number of nitrogens with one attached hydrogen (secondary N) is 1. The van der Waals surface area contributed by atoms with Gasteiger partial charge in [-0.1, -0.05) is 25.1 Å². The number of hydrogen-bond acceptors (Lipinski definition) is 2. The Morgan fingerprint density at radius 2 is 2.00 bits per heavy atom. The largest absolute Gasteiger partial charge is 0.353 e. The molecule has 3 rings (SSSR count). The Morgan fingerprint density at radius 3 is 2.73 bits per heavy atom. The van der Waals surface area contributed by atoms with E-state index < -0.39 is 0 Å². The molecule has 4 heteroatoms. The van der Waals surface area contributed by atoms with Gasteiger partial charge < -0.3 is 14.8 Å². The van der Waals surface area contributed by atoms with Crippen molar-refractivity contribution in [3.8, 4) is 0 Å². The van der Waals surface area contributed by atoms with Crippen molar-refractivity contribution in [2.75, 3.05) is 19.6 Å². The molecule has 4 nitrogen and oxygen atoms in total. The zero-order chi connectivity index (χ0) is 15.5. The Labute approximate surface area is 132 Å². The Bertz CT molecular complexity index is 653. The summed E-state index contributed by atoms with van der Waals surface area (Å²) < 4.78 is 2.09. The lowest BCUT2D eigenvalue weighted by atomic mass is 10.0. The van der Waals surface area contributed by atoms with Gasteiger partial charge in [0.2, 0.25) is 5.91 Å². The topological polar surface area (TPSA) is 37.3 Å². The zero-order valence-corrected chi connectivity index (χ0v) is 13.5. The van der Waals surface area contributed by atoms with Crippen molar-refractivity contribution in [3.63, 3.8) is 0 Å². The Hall–Kier alpha value is -1.81. The van der Waals surface area contributed by atoms with Gasteiger partial charge in [0.15, 0.2) is 0 Å². The summed E-state index contributed by atoms with van der Waals surface area (Å²) in [6.45, 7) is 5.49. The molecule has 2 aromatic rings. The van der Waals surface area contributed by atoms with Crippen LogP contribution in [-0.2, 0) is 18.3 Å². The van der Waals surface area contributed by atoms with Crippen molar-refractivity contribution in [2.45, 2.75) is 32.2 Å². The Balaban J connectivity index is 1.62. The summed E-state index contributed by atoms with van der Waals surface area (Å²) in [6.07, 6.45) is 4.67. The lowest BCUT2D eigenvalue weighted by Crippen LogP contribution is -2.44. The van der Waals surface area contributed by atoms with Gasteiger partial charge in [-0.3, -0.25) is 4.79 Å². The van der Waals surface area contributed by atoms with E-state index in [9.17, 15) is 4.79 Å². The van der Waals surface area contributed by atoms with Crippen LogP contribution in [0.1, 0.15) is 25.3 Å². The van der Waals surface area contributed by atoms with E-state index in [1.165, 1.54) is 10.9 Å². The van der Waals surface area contributed by atoms with E-state index >= 15 is 0 Å². The molecule has 1 aliphatic heterocycles. The number of rotatable bonds is 4. The number of aromatic nitrogens is 1. The summed E-state index contributed by atoms with van der Waals surface area (Å²) in [6, 6.07) is 8.59. The lowest BCUT2D eigenvalue weighted by Gasteiger charge is -2.31. The summed E-state index contributed by atoms with van der Waals surface area (Å²) in [5.74, 6) is 0.145. The minimum Gasteiger partial charge on any atom is -0.353 e. The summed E-state index contributed by atoms with van der Waals surface area (Å²) in [7, 11) is 2.03. The first kappa shape index (κ1) is 15.1. The Kier molecular flexibility index (Phi) is 4.48. The standard InChI is InChI=1S/C18H25N3O/c1-3-21-10-8-15(9-11-21)19-18(22)12-14-13-20(2)17-7-5-4-6-16(14)17/h4-7,13,15H,3,8-12H2,1-2H3,(H,19,22).